The molecule has 1 aliphatic heterocycles. The van der Waals surface area contributed by atoms with Gasteiger partial charge in [0, 0.05) is 37.4 Å². The van der Waals surface area contributed by atoms with Crippen molar-refractivity contribution in [3.05, 3.63) is 54.1 Å². The number of para-hydroxylation sites is 1. The molecule has 3 rings (SSSR count). The van der Waals surface area contributed by atoms with Gasteiger partial charge in [-0.2, -0.15) is 4.31 Å². The molecule has 0 bridgehead atoms. The molecule has 2 aromatic rings. The predicted octanol–water partition coefficient (Wildman–Crippen LogP) is 2.55. The van der Waals surface area contributed by atoms with E-state index in [-0.39, 0.29) is 17.3 Å². The Hall–Kier alpha value is -2.42. The molecule has 0 aliphatic carbocycles. The number of fused-ring (bicyclic) bond motifs is 1. The van der Waals surface area contributed by atoms with E-state index in [0.717, 1.165) is 11.3 Å². The Morgan fingerprint density at radius 1 is 1.10 bits per heavy atom. The van der Waals surface area contributed by atoms with Gasteiger partial charge in [0.15, 0.2) is 0 Å². The molecule has 0 atom stereocenters. The maximum absolute atomic E-state index is 12.5. The first kappa shape index (κ1) is 21.3. The third-order valence-corrected chi connectivity index (χ3v) is 6.94. The molecule has 1 heterocycles. The van der Waals surface area contributed by atoms with Crippen LogP contribution in [0.5, 0.6) is 5.75 Å². The predicted molar refractivity (Wildman–Crippen MR) is 112 cm³/mol. The third-order valence-electron chi connectivity index (χ3n) is 4.88. The number of hydrogen-bond acceptors (Lipinski definition) is 5. The van der Waals surface area contributed by atoms with Crippen molar-refractivity contribution in [3.63, 3.8) is 0 Å². The number of anilines is 1. The second-order valence-electron chi connectivity index (χ2n) is 6.83. The maximum Gasteiger partial charge on any atom is 0.243 e. The summed E-state index contributed by atoms with van der Waals surface area (Å²) in [7, 11) is -3.50. The van der Waals surface area contributed by atoms with Crippen molar-refractivity contribution >= 4 is 21.6 Å². The SMILES string of the molecule is CCN(CC)S(=O)(=O)c1ccc(NC(=O)CN2CCOc3ccccc3C2)cc1. The van der Waals surface area contributed by atoms with Crippen LogP contribution in [0.2, 0.25) is 0 Å². The summed E-state index contributed by atoms with van der Waals surface area (Å²) in [6.07, 6.45) is 0. The first-order chi connectivity index (χ1) is 13.9. The highest BCUT2D eigenvalue weighted by Gasteiger charge is 2.21. The van der Waals surface area contributed by atoms with Crippen molar-refractivity contribution in [2.24, 2.45) is 0 Å². The molecule has 0 aromatic heterocycles. The van der Waals surface area contributed by atoms with Gasteiger partial charge in [0.25, 0.3) is 0 Å². The molecule has 7 nitrogen and oxygen atoms in total. The van der Waals surface area contributed by atoms with Gasteiger partial charge >= 0.3 is 0 Å². The highest BCUT2D eigenvalue weighted by Crippen LogP contribution is 2.22. The van der Waals surface area contributed by atoms with Gasteiger partial charge in [0.2, 0.25) is 15.9 Å². The van der Waals surface area contributed by atoms with Gasteiger partial charge in [-0.3, -0.25) is 9.69 Å². The average Bonchev–Trinajstić information content (AvgIpc) is 2.90. The lowest BCUT2D eigenvalue weighted by molar-refractivity contribution is -0.117. The van der Waals surface area contributed by atoms with Crippen molar-refractivity contribution in [2.75, 3.05) is 38.1 Å². The van der Waals surface area contributed by atoms with Gasteiger partial charge in [0.05, 0.1) is 11.4 Å². The van der Waals surface area contributed by atoms with Gasteiger partial charge in [-0.1, -0.05) is 32.0 Å². The maximum atomic E-state index is 12.5. The molecule has 1 N–H and O–H groups in total. The molecule has 1 aliphatic rings. The molecule has 8 heteroatoms. The van der Waals surface area contributed by atoms with E-state index >= 15 is 0 Å². The molecular formula is C21H27N3O4S. The van der Waals surface area contributed by atoms with Crippen LogP contribution in [-0.2, 0) is 21.4 Å². The number of nitrogens with one attached hydrogen (secondary N) is 1. The van der Waals surface area contributed by atoms with E-state index in [9.17, 15) is 13.2 Å². The fraction of sp³-hybridized carbons (Fsp3) is 0.381. The van der Waals surface area contributed by atoms with Crippen molar-refractivity contribution < 1.29 is 17.9 Å². The summed E-state index contributed by atoms with van der Waals surface area (Å²) in [5.74, 6) is 0.712. The van der Waals surface area contributed by atoms with Crippen molar-refractivity contribution in [1.29, 1.82) is 0 Å². The molecular weight excluding hydrogens is 390 g/mol. The molecule has 0 unspecified atom stereocenters. The highest BCUT2D eigenvalue weighted by molar-refractivity contribution is 7.89. The smallest absolute Gasteiger partial charge is 0.243 e. The van der Waals surface area contributed by atoms with Crippen LogP contribution in [0.25, 0.3) is 0 Å². The topological polar surface area (TPSA) is 79.0 Å². The van der Waals surface area contributed by atoms with Crippen molar-refractivity contribution in [3.8, 4) is 5.75 Å². The zero-order chi connectivity index (χ0) is 20.9. The van der Waals surface area contributed by atoms with E-state index in [0.29, 0.717) is 38.5 Å². The summed E-state index contributed by atoms with van der Waals surface area (Å²) in [6.45, 7) is 6.51. The minimum atomic E-state index is -3.50. The number of sulfonamides is 1. The van der Waals surface area contributed by atoms with E-state index < -0.39 is 10.0 Å². The fourth-order valence-corrected chi connectivity index (χ4v) is 4.80. The second kappa shape index (κ2) is 9.39. The molecule has 0 fully saturated rings. The van der Waals surface area contributed by atoms with Crippen molar-refractivity contribution in [1.82, 2.24) is 9.21 Å². The van der Waals surface area contributed by atoms with E-state index in [1.165, 1.54) is 16.4 Å². The quantitative estimate of drug-likeness (QED) is 0.749. The molecule has 29 heavy (non-hydrogen) atoms. The number of carbonyl (C=O) groups excluding carboxylic acids is 1. The number of ether oxygens (including phenoxy) is 1. The Labute approximate surface area is 172 Å². The number of benzene rings is 2. The number of carbonyl (C=O) groups is 1. The summed E-state index contributed by atoms with van der Waals surface area (Å²) >= 11 is 0. The van der Waals surface area contributed by atoms with Gasteiger partial charge in [-0.15, -0.1) is 0 Å². The fourth-order valence-electron chi connectivity index (χ4n) is 3.34. The lowest BCUT2D eigenvalue weighted by Gasteiger charge is -2.19. The Morgan fingerprint density at radius 2 is 1.79 bits per heavy atom. The van der Waals surface area contributed by atoms with Crippen LogP contribution in [0, 0.1) is 0 Å². The molecule has 1 amide bonds. The number of rotatable bonds is 7. The van der Waals surface area contributed by atoms with E-state index in [1.807, 2.05) is 43.0 Å². The molecule has 0 radical (unpaired) electrons. The number of nitrogens with zero attached hydrogens (tertiary/aromatic N) is 2. The summed E-state index contributed by atoms with van der Waals surface area (Å²) < 4.78 is 32.2. The summed E-state index contributed by atoms with van der Waals surface area (Å²) in [4.78, 5) is 14.7. The third kappa shape index (κ3) is 5.14. The zero-order valence-electron chi connectivity index (χ0n) is 16.8. The Morgan fingerprint density at radius 3 is 2.48 bits per heavy atom. The standard InChI is InChI=1S/C21H27N3O4S/c1-3-24(4-2)29(26,27)19-11-9-18(10-12-19)22-21(25)16-23-13-14-28-20-8-6-5-7-17(20)15-23/h5-12H,3-4,13-16H2,1-2H3,(H,22,25). The Bertz CT molecular complexity index is 941. The van der Waals surface area contributed by atoms with Crippen LogP contribution in [0.4, 0.5) is 5.69 Å². The van der Waals surface area contributed by atoms with Crippen LogP contribution in [0.3, 0.4) is 0 Å². The number of hydrogen-bond donors (Lipinski definition) is 1. The van der Waals surface area contributed by atoms with Gasteiger partial charge in [0.1, 0.15) is 12.4 Å². The van der Waals surface area contributed by atoms with Crippen LogP contribution in [0.1, 0.15) is 19.4 Å². The normalized spacial score (nSPS) is 14.7. The minimum absolute atomic E-state index is 0.149. The largest absolute Gasteiger partial charge is 0.492 e. The lowest BCUT2D eigenvalue weighted by Crippen LogP contribution is -2.34. The number of amides is 1. The lowest BCUT2D eigenvalue weighted by atomic mass is 10.2. The highest BCUT2D eigenvalue weighted by atomic mass is 32.2. The van der Waals surface area contributed by atoms with E-state index in [2.05, 4.69) is 5.32 Å². The van der Waals surface area contributed by atoms with E-state index in [1.54, 1.807) is 12.1 Å². The van der Waals surface area contributed by atoms with Crippen molar-refractivity contribution in [2.45, 2.75) is 25.3 Å². The molecule has 156 valence electrons. The Balaban J connectivity index is 1.61. The monoisotopic (exact) mass is 417 g/mol. The second-order valence-corrected chi connectivity index (χ2v) is 8.77. The molecule has 0 saturated heterocycles. The van der Waals surface area contributed by atoms with Gasteiger partial charge in [-0.25, -0.2) is 8.42 Å². The van der Waals surface area contributed by atoms with Crippen LogP contribution >= 0.6 is 0 Å². The molecule has 2 aromatic carbocycles. The summed E-state index contributed by atoms with van der Waals surface area (Å²) in [6, 6.07) is 14.1. The average molecular weight is 418 g/mol. The first-order valence-electron chi connectivity index (χ1n) is 9.77. The molecule has 0 saturated carbocycles. The summed E-state index contributed by atoms with van der Waals surface area (Å²) in [5.41, 5.74) is 1.63. The zero-order valence-corrected chi connectivity index (χ0v) is 17.6. The summed E-state index contributed by atoms with van der Waals surface area (Å²) in [5, 5.41) is 2.84. The van der Waals surface area contributed by atoms with Crippen LogP contribution < -0.4 is 10.1 Å². The molecule has 0 spiro atoms. The van der Waals surface area contributed by atoms with Crippen LogP contribution in [-0.4, -0.2) is 56.3 Å². The van der Waals surface area contributed by atoms with Crippen LogP contribution in [0.15, 0.2) is 53.4 Å². The first-order valence-corrected chi connectivity index (χ1v) is 11.2. The minimum Gasteiger partial charge on any atom is -0.492 e. The van der Waals surface area contributed by atoms with E-state index in [4.69, 9.17) is 4.74 Å². The Kier molecular flexibility index (Phi) is 6.89. The van der Waals surface area contributed by atoms with Gasteiger partial charge < -0.3 is 10.1 Å². The van der Waals surface area contributed by atoms with Gasteiger partial charge in [-0.05, 0) is 30.3 Å².